The van der Waals surface area contributed by atoms with Crippen LogP contribution in [0.15, 0.2) is 64.2 Å². The van der Waals surface area contributed by atoms with Gasteiger partial charge in [0.05, 0.1) is 11.9 Å². The molecule has 1 aliphatic rings. The summed E-state index contributed by atoms with van der Waals surface area (Å²) in [7, 11) is 0. The molecule has 0 saturated heterocycles. The molecular weight excluding hydrogens is 447 g/mol. The number of aryl methyl sites for hydroxylation is 2. The highest BCUT2D eigenvalue weighted by Gasteiger charge is 2.18. The maximum atomic E-state index is 13.8. The molecule has 1 aliphatic carbocycles. The highest BCUT2D eigenvalue weighted by atomic mass is 79.9. The molecule has 0 spiro atoms. The SMILES string of the molecule is O=C(N/N=C/c1cc(Br)ccc1F)c1cc(-c2ccc3c4c(cccc24)CC3)n[nH]1. The molecule has 2 N–H and O–H groups in total. The number of carbonyl (C=O) groups is 1. The number of aromatic amines is 1. The van der Waals surface area contributed by atoms with Crippen LogP contribution in [0.5, 0.6) is 0 Å². The van der Waals surface area contributed by atoms with Gasteiger partial charge in [0.25, 0.3) is 5.91 Å². The van der Waals surface area contributed by atoms with Crippen molar-refractivity contribution >= 4 is 38.8 Å². The first kappa shape index (κ1) is 18.7. The number of carbonyl (C=O) groups excluding carboxylic acids is 1. The van der Waals surface area contributed by atoms with Gasteiger partial charge in [0.1, 0.15) is 11.5 Å². The molecule has 1 amide bonds. The van der Waals surface area contributed by atoms with Crippen LogP contribution in [0.25, 0.3) is 22.0 Å². The van der Waals surface area contributed by atoms with E-state index in [1.807, 2.05) is 0 Å². The van der Waals surface area contributed by atoms with E-state index in [0.717, 1.165) is 28.3 Å². The van der Waals surface area contributed by atoms with Crippen molar-refractivity contribution in [1.29, 1.82) is 0 Å². The number of rotatable bonds is 4. The fourth-order valence-electron chi connectivity index (χ4n) is 3.88. The van der Waals surface area contributed by atoms with Gasteiger partial charge in [-0.3, -0.25) is 9.89 Å². The van der Waals surface area contributed by atoms with Gasteiger partial charge >= 0.3 is 0 Å². The molecule has 5 nitrogen and oxygen atoms in total. The van der Waals surface area contributed by atoms with Crippen LogP contribution in [0.2, 0.25) is 0 Å². The van der Waals surface area contributed by atoms with Gasteiger partial charge in [-0.05, 0) is 59.0 Å². The molecule has 0 atom stereocenters. The number of hydrazone groups is 1. The molecule has 0 aliphatic heterocycles. The first-order valence-electron chi connectivity index (χ1n) is 9.48. The predicted molar refractivity (Wildman–Crippen MR) is 118 cm³/mol. The third kappa shape index (κ3) is 3.31. The zero-order valence-electron chi connectivity index (χ0n) is 15.7. The van der Waals surface area contributed by atoms with Crippen molar-refractivity contribution in [2.24, 2.45) is 5.10 Å². The van der Waals surface area contributed by atoms with Crippen LogP contribution < -0.4 is 5.43 Å². The van der Waals surface area contributed by atoms with Crippen molar-refractivity contribution in [2.75, 3.05) is 0 Å². The van der Waals surface area contributed by atoms with Crippen LogP contribution in [-0.2, 0) is 12.8 Å². The summed E-state index contributed by atoms with van der Waals surface area (Å²) in [6.45, 7) is 0. The fraction of sp³-hybridized carbons (Fsp3) is 0.0870. The third-order valence-corrected chi connectivity index (χ3v) is 5.80. The summed E-state index contributed by atoms with van der Waals surface area (Å²) in [5.41, 5.74) is 7.32. The molecule has 3 aromatic carbocycles. The molecule has 0 unspecified atom stereocenters. The van der Waals surface area contributed by atoms with Crippen LogP contribution in [0.3, 0.4) is 0 Å². The number of hydrogen-bond acceptors (Lipinski definition) is 3. The molecule has 30 heavy (non-hydrogen) atoms. The Kier molecular flexibility index (Phi) is 4.67. The third-order valence-electron chi connectivity index (χ3n) is 5.30. The average Bonchev–Trinajstić information content (AvgIpc) is 3.40. The number of hydrogen-bond donors (Lipinski definition) is 2. The van der Waals surface area contributed by atoms with E-state index in [1.54, 1.807) is 18.2 Å². The number of nitrogens with one attached hydrogen (secondary N) is 2. The molecule has 7 heteroatoms. The molecule has 0 fully saturated rings. The van der Waals surface area contributed by atoms with Crippen molar-refractivity contribution in [3.8, 4) is 11.3 Å². The zero-order valence-corrected chi connectivity index (χ0v) is 17.3. The number of H-pyrrole nitrogens is 1. The Morgan fingerprint density at radius 2 is 1.97 bits per heavy atom. The Balaban J connectivity index is 1.39. The van der Waals surface area contributed by atoms with Gasteiger partial charge in [-0.2, -0.15) is 10.2 Å². The monoisotopic (exact) mass is 462 g/mol. The molecule has 0 saturated carbocycles. The Labute approximate surface area is 180 Å². The topological polar surface area (TPSA) is 70.1 Å². The zero-order chi connectivity index (χ0) is 20.7. The standard InChI is InChI=1S/C23H16BrFN4O/c24-16-7-9-19(25)15(10-16)12-26-29-23(30)21-11-20(27-28-21)17-8-6-14-5-4-13-2-1-3-18(17)22(13)14/h1-3,6-12H,4-5H2,(H,27,28)(H,29,30)/b26-12+. The highest BCUT2D eigenvalue weighted by Crippen LogP contribution is 2.36. The lowest BCUT2D eigenvalue weighted by atomic mass is 9.98. The summed E-state index contributed by atoms with van der Waals surface area (Å²) >= 11 is 3.28. The van der Waals surface area contributed by atoms with Gasteiger partial charge in [0.2, 0.25) is 0 Å². The first-order valence-corrected chi connectivity index (χ1v) is 10.3. The molecule has 1 aromatic heterocycles. The van der Waals surface area contributed by atoms with Gasteiger partial charge in [-0.15, -0.1) is 0 Å². The van der Waals surface area contributed by atoms with E-state index in [0.29, 0.717) is 5.69 Å². The fourth-order valence-corrected chi connectivity index (χ4v) is 4.26. The van der Waals surface area contributed by atoms with E-state index in [-0.39, 0.29) is 11.3 Å². The maximum absolute atomic E-state index is 13.8. The smallest absolute Gasteiger partial charge is 0.272 e. The molecule has 148 valence electrons. The van der Waals surface area contributed by atoms with Gasteiger partial charge in [0.15, 0.2) is 0 Å². The molecule has 1 heterocycles. The molecule has 0 radical (unpaired) electrons. The van der Waals surface area contributed by atoms with Gasteiger partial charge < -0.3 is 0 Å². The van der Waals surface area contributed by atoms with E-state index >= 15 is 0 Å². The Morgan fingerprint density at radius 1 is 1.13 bits per heavy atom. The van der Waals surface area contributed by atoms with Crippen LogP contribution in [-0.4, -0.2) is 22.3 Å². The molecule has 0 bridgehead atoms. The minimum Gasteiger partial charge on any atom is -0.272 e. The van der Waals surface area contributed by atoms with E-state index in [4.69, 9.17) is 0 Å². The minimum atomic E-state index is -0.452. The Morgan fingerprint density at radius 3 is 2.83 bits per heavy atom. The van der Waals surface area contributed by atoms with E-state index < -0.39 is 11.7 Å². The Bertz CT molecular complexity index is 1320. The highest BCUT2D eigenvalue weighted by molar-refractivity contribution is 9.10. The van der Waals surface area contributed by atoms with Crippen molar-refractivity contribution in [3.05, 3.63) is 87.3 Å². The maximum Gasteiger partial charge on any atom is 0.289 e. The number of amides is 1. The molecule has 4 aromatic rings. The second-order valence-electron chi connectivity index (χ2n) is 7.14. The lowest BCUT2D eigenvalue weighted by Gasteiger charge is -2.06. The largest absolute Gasteiger partial charge is 0.289 e. The number of halogens is 2. The minimum absolute atomic E-state index is 0.267. The van der Waals surface area contributed by atoms with Crippen molar-refractivity contribution in [1.82, 2.24) is 15.6 Å². The van der Waals surface area contributed by atoms with Crippen molar-refractivity contribution in [2.45, 2.75) is 12.8 Å². The quantitative estimate of drug-likeness (QED) is 0.331. The van der Waals surface area contributed by atoms with Crippen LogP contribution in [0, 0.1) is 5.82 Å². The van der Waals surface area contributed by atoms with Crippen molar-refractivity contribution in [3.63, 3.8) is 0 Å². The first-order chi connectivity index (χ1) is 14.6. The van der Waals surface area contributed by atoms with Gasteiger partial charge in [-0.1, -0.05) is 46.3 Å². The molecule has 5 rings (SSSR count). The second-order valence-corrected chi connectivity index (χ2v) is 8.06. The Hall–Kier alpha value is -3.32. The summed E-state index contributed by atoms with van der Waals surface area (Å²) in [4.78, 5) is 12.4. The number of benzene rings is 3. The van der Waals surface area contributed by atoms with E-state index in [2.05, 4.69) is 67.0 Å². The van der Waals surface area contributed by atoms with Crippen LogP contribution in [0.4, 0.5) is 4.39 Å². The predicted octanol–water partition coefficient (Wildman–Crippen LogP) is 4.99. The lowest BCUT2D eigenvalue weighted by Crippen LogP contribution is -2.18. The van der Waals surface area contributed by atoms with Crippen LogP contribution in [0.1, 0.15) is 27.2 Å². The second kappa shape index (κ2) is 7.50. The van der Waals surface area contributed by atoms with E-state index in [9.17, 15) is 9.18 Å². The molecular formula is C23H16BrFN4O. The van der Waals surface area contributed by atoms with E-state index in [1.165, 1.54) is 28.8 Å². The van der Waals surface area contributed by atoms with Crippen molar-refractivity contribution < 1.29 is 9.18 Å². The summed E-state index contributed by atoms with van der Waals surface area (Å²) in [5.74, 6) is -0.876. The summed E-state index contributed by atoms with van der Waals surface area (Å²) in [5, 5.41) is 13.4. The summed E-state index contributed by atoms with van der Waals surface area (Å²) in [6.07, 6.45) is 3.38. The van der Waals surface area contributed by atoms with Gasteiger partial charge in [0, 0.05) is 15.6 Å². The average molecular weight is 463 g/mol. The number of nitrogens with zero attached hydrogens (tertiary/aromatic N) is 2. The number of aromatic nitrogens is 2. The van der Waals surface area contributed by atoms with Gasteiger partial charge in [-0.25, -0.2) is 9.82 Å². The summed E-state index contributed by atoms with van der Waals surface area (Å²) in [6, 6.07) is 16.7. The lowest BCUT2D eigenvalue weighted by molar-refractivity contribution is 0.0950. The normalized spacial score (nSPS) is 12.7. The van der Waals surface area contributed by atoms with Crippen LogP contribution >= 0.6 is 15.9 Å². The summed E-state index contributed by atoms with van der Waals surface area (Å²) < 4.78 is 14.5.